The number of hydrogen-bond acceptors (Lipinski definition) is 5. The quantitative estimate of drug-likeness (QED) is 0.520. The van der Waals surface area contributed by atoms with Crippen molar-refractivity contribution in [3.05, 3.63) is 70.6 Å². The van der Waals surface area contributed by atoms with Crippen molar-refractivity contribution in [3.8, 4) is 11.3 Å². The molecule has 140 valence electrons. The van der Waals surface area contributed by atoms with Crippen LogP contribution in [-0.2, 0) is 6.54 Å². The molecule has 4 aromatic rings. The van der Waals surface area contributed by atoms with Gasteiger partial charge in [0.15, 0.2) is 5.78 Å². The van der Waals surface area contributed by atoms with Gasteiger partial charge in [0.2, 0.25) is 0 Å². The topological polar surface area (TPSA) is 92.7 Å². The lowest BCUT2D eigenvalue weighted by molar-refractivity contribution is 0.101. The molecule has 7 heteroatoms. The number of benzene rings is 2. The summed E-state index contributed by atoms with van der Waals surface area (Å²) in [5.41, 5.74) is 2.83. The molecular formula is C21H19N5O2. The highest BCUT2D eigenvalue weighted by Crippen LogP contribution is 2.29. The molecule has 2 aromatic heterocycles. The van der Waals surface area contributed by atoms with Crippen LogP contribution in [0.15, 0.2) is 59.5 Å². The molecule has 28 heavy (non-hydrogen) atoms. The average molecular weight is 373 g/mol. The van der Waals surface area contributed by atoms with Crippen molar-refractivity contribution in [2.45, 2.75) is 20.4 Å². The first-order valence-electron chi connectivity index (χ1n) is 9.00. The van der Waals surface area contributed by atoms with Crippen LogP contribution in [-0.4, -0.2) is 25.8 Å². The second kappa shape index (κ2) is 7.11. The molecule has 0 saturated carbocycles. The highest BCUT2D eigenvalue weighted by molar-refractivity contribution is 6.06. The van der Waals surface area contributed by atoms with E-state index in [4.69, 9.17) is 0 Å². The average Bonchev–Trinajstić information content (AvgIpc) is 3.19. The van der Waals surface area contributed by atoms with E-state index in [1.807, 2.05) is 55.5 Å². The van der Waals surface area contributed by atoms with Crippen LogP contribution in [0.1, 0.15) is 24.2 Å². The Hall–Kier alpha value is -3.74. The molecule has 0 bridgehead atoms. The minimum absolute atomic E-state index is 0.213. The van der Waals surface area contributed by atoms with E-state index < -0.39 is 0 Å². The van der Waals surface area contributed by atoms with Crippen molar-refractivity contribution in [1.82, 2.24) is 20.0 Å². The van der Waals surface area contributed by atoms with Gasteiger partial charge in [0.05, 0.1) is 23.0 Å². The van der Waals surface area contributed by atoms with E-state index in [2.05, 4.69) is 20.6 Å². The van der Waals surface area contributed by atoms with Gasteiger partial charge in [-0.3, -0.25) is 14.7 Å². The number of fused-ring (bicyclic) bond motifs is 1. The fraction of sp³-hybridized carbons (Fsp3) is 0.143. The number of para-hydroxylation sites is 1. The van der Waals surface area contributed by atoms with Crippen molar-refractivity contribution in [1.29, 1.82) is 0 Å². The zero-order chi connectivity index (χ0) is 19.7. The van der Waals surface area contributed by atoms with Crippen LogP contribution in [0.5, 0.6) is 0 Å². The largest absolute Gasteiger partial charge is 0.349 e. The zero-order valence-corrected chi connectivity index (χ0v) is 15.6. The predicted octanol–water partition coefficient (Wildman–Crippen LogP) is 3.75. The van der Waals surface area contributed by atoms with Crippen LogP contribution >= 0.6 is 0 Å². The van der Waals surface area contributed by atoms with Crippen molar-refractivity contribution in [2.75, 3.05) is 5.32 Å². The standard InChI is InChI=1S/C21H19N5O2/c1-3-26-21(28)20(23-16-11-7-10-15-12-22-24-18(15)16)17(13(2)27)19(25-26)14-8-5-4-6-9-14/h4-12,23H,3H2,1-2H3,(H,22,24). The van der Waals surface area contributed by atoms with Crippen LogP contribution in [0.25, 0.3) is 22.2 Å². The summed E-state index contributed by atoms with van der Waals surface area (Å²) in [4.78, 5) is 25.6. The lowest BCUT2D eigenvalue weighted by Gasteiger charge is -2.16. The zero-order valence-electron chi connectivity index (χ0n) is 15.6. The summed E-state index contributed by atoms with van der Waals surface area (Å²) in [6.07, 6.45) is 1.71. The van der Waals surface area contributed by atoms with Crippen molar-refractivity contribution in [2.24, 2.45) is 0 Å². The number of Topliss-reactive ketones (excluding diaryl/α,β-unsaturated/α-hetero) is 1. The van der Waals surface area contributed by atoms with E-state index in [1.54, 1.807) is 6.20 Å². The number of carbonyl (C=O) groups is 1. The minimum atomic E-state index is -0.344. The third-order valence-corrected chi connectivity index (χ3v) is 4.59. The fourth-order valence-corrected chi connectivity index (χ4v) is 3.25. The van der Waals surface area contributed by atoms with Crippen molar-refractivity contribution in [3.63, 3.8) is 0 Å². The summed E-state index contributed by atoms with van der Waals surface area (Å²) < 4.78 is 1.37. The Morgan fingerprint density at radius 1 is 1.14 bits per heavy atom. The molecular weight excluding hydrogens is 354 g/mol. The van der Waals surface area contributed by atoms with E-state index in [-0.39, 0.29) is 22.6 Å². The summed E-state index contributed by atoms with van der Waals surface area (Å²) in [6.45, 7) is 3.68. The summed E-state index contributed by atoms with van der Waals surface area (Å²) in [5, 5.41) is 15.5. The normalized spacial score (nSPS) is 10.9. The number of rotatable bonds is 5. The molecule has 0 atom stereocenters. The monoisotopic (exact) mass is 373 g/mol. The van der Waals surface area contributed by atoms with Gasteiger partial charge in [-0.25, -0.2) is 4.68 Å². The highest BCUT2D eigenvalue weighted by Gasteiger charge is 2.22. The molecule has 2 N–H and O–H groups in total. The summed E-state index contributed by atoms with van der Waals surface area (Å²) in [7, 11) is 0. The SMILES string of the molecule is CCn1nc(-c2ccccc2)c(C(C)=O)c(Nc2cccc3cn[nH]c23)c1=O. The van der Waals surface area contributed by atoms with Gasteiger partial charge in [-0.05, 0) is 19.9 Å². The number of anilines is 2. The van der Waals surface area contributed by atoms with Crippen LogP contribution < -0.4 is 10.9 Å². The first-order valence-corrected chi connectivity index (χ1v) is 9.00. The highest BCUT2D eigenvalue weighted by atomic mass is 16.1. The molecule has 0 spiro atoms. The van der Waals surface area contributed by atoms with Gasteiger partial charge in [0, 0.05) is 17.5 Å². The predicted molar refractivity (Wildman–Crippen MR) is 109 cm³/mol. The number of aromatic amines is 1. The molecule has 0 radical (unpaired) electrons. The molecule has 0 aliphatic carbocycles. The van der Waals surface area contributed by atoms with E-state index in [0.29, 0.717) is 17.9 Å². The smallest absolute Gasteiger partial charge is 0.291 e. The number of carbonyl (C=O) groups excluding carboxylic acids is 1. The Balaban J connectivity index is 1.99. The number of nitrogens with zero attached hydrogens (tertiary/aromatic N) is 3. The van der Waals surface area contributed by atoms with Crippen LogP contribution in [0.2, 0.25) is 0 Å². The number of ketones is 1. The molecule has 0 unspecified atom stereocenters. The molecule has 0 amide bonds. The second-order valence-corrected chi connectivity index (χ2v) is 6.41. The first kappa shape index (κ1) is 17.7. The van der Waals surface area contributed by atoms with Gasteiger partial charge in [-0.15, -0.1) is 0 Å². The van der Waals surface area contributed by atoms with Gasteiger partial charge in [0.25, 0.3) is 5.56 Å². The minimum Gasteiger partial charge on any atom is -0.349 e. The Morgan fingerprint density at radius 3 is 2.64 bits per heavy atom. The molecule has 2 aromatic carbocycles. The lowest BCUT2D eigenvalue weighted by Crippen LogP contribution is -2.28. The van der Waals surface area contributed by atoms with E-state index >= 15 is 0 Å². The Bertz CT molecular complexity index is 1220. The lowest BCUT2D eigenvalue weighted by atomic mass is 10.0. The Kier molecular flexibility index (Phi) is 4.49. The molecule has 0 aliphatic heterocycles. The molecule has 0 saturated heterocycles. The van der Waals surface area contributed by atoms with Crippen molar-refractivity contribution >= 4 is 28.1 Å². The molecule has 0 aliphatic rings. The summed E-state index contributed by atoms with van der Waals surface area (Å²) >= 11 is 0. The molecule has 2 heterocycles. The number of aromatic nitrogens is 4. The number of H-pyrrole nitrogens is 1. The first-order chi connectivity index (χ1) is 13.6. The van der Waals surface area contributed by atoms with Crippen LogP contribution in [0.3, 0.4) is 0 Å². The Labute approximate surface area is 161 Å². The molecule has 7 nitrogen and oxygen atoms in total. The van der Waals surface area contributed by atoms with Crippen LogP contribution in [0.4, 0.5) is 11.4 Å². The maximum atomic E-state index is 13.0. The van der Waals surface area contributed by atoms with Gasteiger partial charge in [0.1, 0.15) is 11.4 Å². The third kappa shape index (κ3) is 2.96. The van der Waals surface area contributed by atoms with Gasteiger partial charge >= 0.3 is 0 Å². The molecule has 0 fully saturated rings. The third-order valence-electron chi connectivity index (χ3n) is 4.59. The number of aryl methyl sites for hydroxylation is 1. The van der Waals surface area contributed by atoms with E-state index in [1.165, 1.54) is 11.6 Å². The van der Waals surface area contributed by atoms with E-state index in [0.717, 1.165) is 16.5 Å². The number of nitrogens with one attached hydrogen (secondary N) is 2. The van der Waals surface area contributed by atoms with Crippen LogP contribution in [0, 0.1) is 0 Å². The summed E-state index contributed by atoms with van der Waals surface area (Å²) in [5.74, 6) is -0.231. The second-order valence-electron chi connectivity index (χ2n) is 6.41. The number of hydrogen-bond donors (Lipinski definition) is 2. The van der Waals surface area contributed by atoms with E-state index in [9.17, 15) is 9.59 Å². The fourth-order valence-electron chi connectivity index (χ4n) is 3.25. The molecule has 4 rings (SSSR count). The van der Waals surface area contributed by atoms with Gasteiger partial charge in [-0.2, -0.15) is 10.2 Å². The van der Waals surface area contributed by atoms with Gasteiger partial charge < -0.3 is 5.32 Å². The Morgan fingerprint density at radius 2 is 1.93 bits per heavy atom. The summed E-state index contributed by atoms with van der Waals surface area (Å²) in [6, 6.07) is 15.0. The van der Waals surface area contributed by atoms with Gasteiger partial charge in [-0.1, -0.05) is 42.5 Å². The maximum absolute atomic E-state index is 13.0. The van der Waals surface area contributed by atoms with Crippen molar-refractivity contribution < 1.29 is 4.79 Å². The maximum Gasteiger partial charge on any atom is 0.291 e.